The van der Waals surface area contributed by atoms with Crippen LogP contribution in [0, 0.1) is 13.8 Å². The predicted molar refractivity (Wildman–Crippen MR) is 202 cm³/mol. The van der Waals surface area contributed by atoms with Gasteiger partial charge in [-0.05, 0) is 104 Å². The highest BCUT2D eigenvalue weighted by molar-refractivity contribution is 6.74. The third kappa shape index (κ3) is 9.78. The molecule has 11 nitrogen and oxygen atoms in total. The molecular weight excluding hydrogens is 651 g/mol. The second-order valence-corrected chi connectivity index (χ2v) is 21.8. The molecule has 2 amide bonds. The number of nitrogens with one attached hydrogen (secondary N) is 1. The summed E-state index contributed by atoms with van der Waals surface area (Å²) < 4.78 is 24.8. The number of ether oxygens (including phenoxy) is 3. The summed E-state index contributed by atoms with van der Waals surface area (Å²) in [6.07, 6.45) is 3.28. The molecule has 2 aromatic rings. The van der Waals surface area contributed by atoms with Crippen LogP contribution in [-0.2, 0) is 20.3 Å². The van der Waals surface area contributed by atoms with Crippen LogP contribution in [0.3, 0.4) is 0 Å². The smallest absolute Gasteiger partial charge is 0.414 e. The Morgan fingerprint density at radius 3 is 2.28 bits per heavy atom. The third-order valence-corrected chi connectivity index (χ3v) is 13.7. The Morgan fingerprint density at radius 1 is 1.00 bits per heavy atom. The molecule has 4 rings (SSSR count). The molecular formula is C38H59N5O6Si. The Labute approximate surface area is 300 Å². The van der Waals surface area contributed by atoms with Gasteiger partial charge in [-0.2, -0.15) is 0 Å². The molecule has 50 heavy (non-hydrogen) atoms. The van der Waals surface area contributed by atoms with Crippen molar-refractivity contribution in [3.63, 3.8) is 0 Å². The number of rotatable bonds is 6. The molecule has 1 N–H and O–H groups in total. The van der Waals surface area contributed by atoms with Crippen molar-refractivity contribution in [1.82, 2.24) is 14.9 Å². The van der Waals surface area contributed by atoms with E-state index in [1.54, 1.807) is 11.9 Å². The molecule has 0 spiro atoms. The van der Waals surface area contributed by atoms with Crippen molar-refractivity contribution in [3.8, 4) is 5.75 Å². The minimum absolute atomic E-state index is 0.0108. The molecule has 0 bridgehead atoms. The van der Waals surface area contributed by atoms with Crippen molar-refractivity contribution >= 4 is 43.4 Å². The van der Waals surface area contributed by atoms with Crippen molar-refractivity contribution in [1.29, 1.82) is 0 Å². The first-order valence-electron chi connectivity index (χ1n) is 17.7. The number of carbonyl (C=O) groups is 2. The summed E-state index contributed by atoms with van der Waals surface area (Å²) in [5.41, 5.74) is 3.92. The Bertz CT molecular complexity index is 1620. The van der Waals surface area contributed by atoms with E-state index >= 15 is 0 Å². The first-order chi connectivity index (χ1) is 22.9. The van der Waals surface area contributed by atoms with Crippen LogP contribution in [0.4, 0.5) is 26.9 Å². The van der Waals surface area contributed by atoms with Gasteiger partial charge in [0.2, 0.25) is 0 Å². The molecule has 2 aromatic heterocycles. The van der Waals surface area contributed by atoms with Crippen LogP contribution in [0.2, 0.25) is 18.1 Å². The minimum atomic E-state index is -2.21. The Morgan fingerprint density at radius 2 is 1.66 bits per heavy atom. The van der Waals surface area contributed by atoms with Crippen molar-refractivity contribution in [3.05, 3.63) is 40.7 Å². The quantitative estimate of drug-likeness (QED) is 0.294. The lowest BCUT2D eigenvalue weighted by atomic mass is 9.93. The third-order valence-electron chi connectivity index (χ3n) is 9.18. The fraction of sp³-hybridized carbons (Fsp3) is 0.632. The van der Waals surface area contributed by atoms with Crippen LogP contribution >= 0.6 is 0 Å². The highest BCUT2D eigenvalue weighted by Crippen LogP contribution is 2.43. The zero-order valence-electron chi connectivity index (χ0n) is 32.8. The SMILES string of the molecule is Cc1cc(N(C)C(=O)OC(C)(C)C)cc(Nc2nc3c(c(C4=CCN(C(=O)OC(C)(C)C)C[C@@H](O[Si](C)(C)C(C)(C)C)C4)c2C)OCCC3)n1. The molecule has 276 valence electrons. The van der Waals surface area contributed by atoms with E-state index in [1.165, 1.54) is 4.90 Å². The predicted octanol–water partition coefficient (Wildman–Crippen LogP) is 8.95. The van der Waals surface area contributed by atoms with Crippen LogP contribution in [0.1, 0.15) is 97.7 Å². The van der Waals surface area contributed by atoms with E-state index < -0.39 is 25.6 Å². The van der Waals surface area contributed by atoms with Gasteiger partial charge in [-0.15, -0.1) is 0 Å². The number of amides is 2. The molecule has 0 radical (unpaired) electrons. The van der Waals surface area contributed by atoms with Gasteiger partial charge in [0.1, 0.15) is 28.6 Å². The average Bonchev–Trinajstić information content (AvgIpc) is 3.16. The number of pyridine rings is 2. The Hall–Kier alpha value is -3.64. The van der Waals surface area contributed by atoms with Crippen molar-refractivity contribution in [2.45, 2.75) is 131 Å². The molecule has 4 heterocycles. The number of nitrogens with zero attached hydrogens (tertiary/aromatic N) is 4. The van der Waals surface area contributed by atoms with Gasteiger partial charge in [0.15, 0.2) is 8.32 Å². The Kier molecular flexibility index (Phi) is 11.4. The molecule has 0 fully saturated rings. The molecule has 0 aromatic carbocycles. The molecule has 0 aliphatic carbocycles. The summed E-state index contributed by atoms with van der Waals surface area (Å²) in [5.74, 6) is 1.99. The number of carbonyl (C=O) groups excluding carboxylic acids is 2. The zero-order valence-corrected chi connectivity index (χ0v) is 33.8. The molecule has 12 heteroatoms. The van der Waals surface area contributed by atoms with Gasteiger partial charge < -0.3 is 28.9 Å². The van der Waals surface area contributed by atoms with Gasteiger partial charge in [0.25, 0.3) is 0 Å². The summed E-state index contributed by atoms with van der Waals surface area (Å²) in [6, 6.07) is 3.66. The Balaban J connectivity index is 1.77. The lowest BCUT2D eigenvalue weighted by molar-refractivity contribution is 0.0195. The van der Waals surface area contributed by atoms with Crippen LogP contribution in [0.25, 0.3) is 5.57 Å². The second-order valence-electron chi connectivity index (χ2n) is 17.0. The van der Waals surface area contributed by atoms with E-state index in [0.29, 0.717) is 43.4 Å². The number of aryl methyl sites for hydroxylation is 2. The number of aromatic nitrogens is 2. The topological polar surface area (TPSA) is 115 Å². The van der Waals surface area contributed by atoms with Crippen molar-refractivity contribution in [2.24, 2.45) is 0 Å². The van der Waals surface area contributed by atoms with Crippen molar-refractivity contribution in [2.75, 3.05) is 37.0 Å². The lowest BCUT2D eigenvalue weighted by Gasteiger charge is -2.40. The number of fused-ring (bicyclic) bond motifs is 1. The molecule has 0 saturated heterocycles. The van der Waals surface area contributed by atoms with Crippen LogP contribution in [-0.4, -0.2) is 79.4 Å². The van der Waals surface area contributed by atoms with Gasteiger partial charge in [-0.1, -0.05) is 26.8 Å². The number of anilines is 3. The largest absolute Gasteiger partial charge is 0.491 e. The van der Waals surface area contributed by atoms with Crippen LogP contribution in [0.15, 0.2) is 18.2 Å². The maximum absolute atomic E-state index is 13.4. The average molecular weight is 710 g/mol. The molecule has 0 saturated carbocycles. The first-order valence-corrected chi connectivity index (χ1v) is 20.6. The van der Waals surface area contributed by atoms with E-state index in [9.17, 15) is 9.59 Å². The first kappa shape index (κ1) is 39.1. The molecule has 1 atom stereocenters. The number of hydrogen-bond donors (Lipinski definition) is 1. The summed E-state index contributed by atoms with van der Waals surface area (Å²) in [5, 5.41) is 3.46. The second kappa shape index (κ2) is 14.5. The highest BCUT2D eigenvalue weighted by atomic mass is 28.4. The maximum Gasteiger partial charge on any atom is 0.414 e. The monoisotopic (exact) mass is 709 g/mol. The van der Waals surface area contributed by atoms with E-state index in [-0.39, 0.29) is 17.2 Å². The standard InChI is InChI=1S/C38H59N5O6Si/c1-24-20-27(42(12)34(44)47-36(3,4)5)22-30(39-24)41-33-25(2)31(32-29(40-33)16-15-19-46-32)26-17-18-43(35(45)48-37(6,7)8)23-28(21-26)49-50(13,14)38(9,10)11/h17,20,22,28H,15-16,18-19,21,23H2,1-14H3,(H,39,40,41)/t28-/m0/s1. The van der Waals surface area contributed by atoms with Gasteiger partial charge in [-0.3, -0.25) is 4.90 Å². The van der Waals surface area contributed by atoms with Gasteiger partial charge in [-0.25, -0.2) is 19.6 Å². The van der Waals surface area contributed by atoms with Gasteiger partial charge >= 0.3 is 12.2 Å². The normalized spacial score (nSPS) is 17.2. The minimum Gasteiger partial charge on any atom is -0.491 e. The molecule has 0 unspecified atom stereocenters. The van der Waals surface area contributed by atoms with E-state index in [4.69, 9.17) is 28.6 Å². The lowest BCUT2D eigenvalue weighted by Crippen LogP contribution is -2.48. The van der Waals surface area contributed by atoms with Crippen LogP contribution < -0.4 is 15.0 Å². The van der Waals surface area contributed by atoms with Gasteiger partial charge in [0.05, 0.1) is 24.1 Å². The van der Waals surface area contributed by atoms with E-state index in [2.05, 4.69) is 45.3 Å². The summed E-state index contributed by atoms with van der Waals surface area (Å²) in [7, 11) is -0.523. The summed E-state index contributed by atoms with van der Waals surface area (Å²) in [4.78, 5) is 39.3. The molecule has 2 aliphatic heterocycles. The maximum atomic E-state index is 13.4. The van der Waals surface area contributed by atoms with Crippen molar-refractivity contribution < 1.29 is 28.2 Å². The van der Waals surface area contributed by atoms with E-state index in [1.807, 2.05) is 67.5 Å². The summed E-state index contributed by atoms with van der Waals surface area (Å²) >= 11 is 0. The van der Waals surface area contributed by atoms with E-state index in [0.717, 1.165) is 46.7 Å². The van der Waals surface area contributed by atoms with Crippen LogP contribution in [0.5, 0.6) is 5.75 Å². The van der Waals surface area contributed by atoms with Gasteiger partial charge in [0, 0.05) is 43.0 Å². The summed E-state index contributed by atoms with van der Waals surface area (Å²) in [6.45, 7) is 27.7. The number of hydrogen-bond acceptors (Lipinski definition) is 9. The fourth-order valence-corrected chi connectivity index (χ4v) is 7.05. The fourth-order valence-electron chi connectivity index (χ4n) is 5.70. The zero-order chi connectivity index (χ0) is 37.4. The highest BCUT2D eigenvalue weighted by Gasteiger charge is 2.41. The molecule has 2 aliphatic rings.